The number of hydrogen-bond acceptors (Lipinski definition) is 6. The van der Waals surface area contributed by atoms with Crippen LogP contribution < -0.4 is 20.1 Å². The lowest BCUT2D eigenvalue weighted by Gasteiger charge is -2.44. The Morgan fingerprint density at radius 2 is 1.22 bits per heavy atom. The van der Waals surface area contributed by atoms with Gasteiger partial charge >= 0.3 is 0 Å². The smallest absolute Gasteiger partial charge is 0.167 e. The zero-order chi connectivity index (χ0) is 25.2. The molecular weight excluding hydrogens is 513 g/mol. The van der Waals surface area contributed by atoms with Crippen LogP contribution >= 0.6 is 23.2 Å². The van der Waals surface area contributed by atoms with Gasteiger partial charge < -0.3 is 29.6 Å². The van der Waals surface area contributed by atoms with Gasteiger partial charge in [0.05, 0.1) is 36.5 Å². The van der Waals surface area contributed by atoms with Gasteiger partial charge in [0.2, 0.25) is 0 Å². The Bertz CT molecular complexity index is 977. The van der Waals surface area contributed by atoms with E-state index in [4.69, 9.17) is 42.1 Å². The third-order valence-corrected chi connectivity index (χ3v) is 7.66. The summed E-state index contributed by atoms with van der Waals surface area (Å²) in [5, 5.41) is 7.39. The molecule has 0 amide bonds. The number of ether oxygens (including phenoxy) is 4. The molecule has 2 aromatic carbocycles. The molecule has 1 aliphatic carbocycles. The Hall–Kier alpha value is -1.68. The van der Waals surface area contributed by atoms with Crippen LogP contribution in [0.15, 0.2) is 36.4 Å². The second-order valence-corrected chi connectivity index (χ2v) is 10.8. The van der Waals surface area contributed by atoms with Crippen LogP contribution in [0, 0.1) is 11.6 Å². The quantitative estimate of drug-likeness (QED) is 0.451. The van der Waals surface area contributed by atoms with Gasteiger partial charge in [-0.3, -0.25) is 0 Å². The summed E-state index contributed by atoms with van der Waals surface area (Å²) in [4.78, 5) is 0. The monoisotopic (exact) mass is 542 g/mol. The summed E-state index contributed by atoms with van der Waals surface area (Å²) in [6.45, 7) is 3.17. The zero-order valence-corrected chi connectivity index (χ0v) is 21.3. The average Bonchev–Trinajstić information content (AvgIpc) is 2.82. The maximum Gasteiger partial charge on any atom is 0.167 e. The van der Waals surface area contributed by atoms with Crippen LogP contribution in [0.4, 0.5) is 8.78 Å². The lowest BCUT2D eigenvalue weighted by Crippen LogP contribution is -2.62. The number of benzene rings is 2. The molecule has 2 aromatic rings. The summed E-state index contributed by atoms with van der Waals surface area (Å²) in [6.07, 6.45) is 4.12. The highest BCUT2D eigenvalue weighted by atomic mass is 35.5. The first-order chi connectivity index (χ1) is 17.3. The van der Waals surface area contributed by atoms with Crippen molar-refractivity contribution in [3.8, 4) is 11.5 Å². The molecule has 3 aliphatic rings. The first-order valence-corrected chi connectivity index (χ1v) is 13.0. The van der Waals surface area contributed by atoms with E-state index < -0.39 is 22.8 Å². The summed E-state index contributed by atoms with van der Waals surface area (Å²) < 4.78 is 50.3. The van der Waals surface area contributed by atoms with Gasteiger partial charge in [-0.25, -0.2) is 8.78 Å². The molecule has 1 saturated carbocycles. The van der Waals surface area contributed by atoms with Crippen molar-refractivity contribution in [2.75, 3.05) is 39.5 Å². The van der Waals surface area contributed by atoms with Gasteiger partial charge in [-0.15, -0.1) is 0 Å². The van der Waals surface area contributed by atoms with Gasteiger partial charge in [-0.1, -0.05) is 23.2 Å². The molecule has 6 nitrogen and oxygen atoms in total. The number of rotatable bonds is 10. The third-order valence-electron chi connectivity index (χ3n) is 7.06. The van der Waals surface area contributed by atoms with E-state index >= 15 is 0 Å². The van der Waals surface area contributed by atoms with Crippen molar-refractivity contribution in [3.05, 3.63) is 58.1 Å². The van der Waals surface area contributed by atoms with E-state index in [1.807, 2.05) is 0 Å². The second-order valence-electron chi connectivity index (χ2n) is 10.0. The summed E-state index contributed by atoms with van der Waals surface area (Å²) in [6, 6.07) is 9.66. The van der Waals surface area contributed by atoms with E-state index in [0.717, 1.165) is 25.7 Å². The third kappa shape index (κ3) is 6.06. The Morgan fingerprint density at radius 1 is 0.722 bits per heavy atom. The Labute approximate surface area is 219 Å². The molecular formula is C26H30Cl2F2N2O4. The fourth-order valence-electron chi connectivity index (χ4n) is 4.80. The molecule has 2 aliphatic heterocycles. The highest BCUT2D eigenvalue weighted by Crippen LogP contribution is 2.30. The van der Waals surface area contributed by atoms with Gasteiger partial charge in [0.1, 0.15) is 23.1 Å². The second kappa shape index (κ2) is 11.0. The molecule has 0 radical (unpaired) electrons. The molecule has 36 heavy (non-hydrogen) atoms. The van der Waals surface area contributed by atoms with Crippen LogP contribution in [0.25, 0.3) is 0 Å². The highest BCUT2D eigenvalue weighted by molar-refractivity contribution is 6.31. The fraction of sp³-hybridized carbons (Fsp3) is 0.538. The predicted octanol–water partition coefficient (Wildman–Crippen LogP) is 4.76. The van der Waals surface area contributed by atoms with Gasteiger partial charge in [-0.2, -0.15) is 0 Å². The summed E-state index contributed by atoms with van der Waals surface area (Å²) >= 11 is 11.7. The van der Waals surface area contributed by atoms with E-state index in [0.29, 0.717) is 63.1 Å². The van der Waals surface area contributed by atoms with Gasteiger partial charge in [-0.05, 0) is 49.9 Å². The topological polar surface area (TPSA) is 61.0 Å². The minimum absolute atomic E-state index is 0.0441. The van der Waals surface area contributed by atoms with Crippen LogP contribution in [0.3, 0.4) is 0 Å². The van der Waals surface area contributed by atoms with E-state index in [9.17, 15) is 8.78 Å². The molecule has 0 bridgehead atoms. The minimum atomic E-state index is -0.495. The van der Waals surface area contributed by atoms with E-state index in [2.05, 4.69) is 10.6 Å². The molecule has 3 fully saturated rings. The molecule has 0 aromatic heterocycles. The highest BCUT2D eigenvalue weighted by Gasteiger charge is 2.43. The van der Waals surface area contributed by atoms with Crippen LogP contribution in [0.1, 0.15) is 25.7 Å². The molecule has 10 heteroatoms. The van der Waals surface area contributed by atoms with Crippen LogP contribution in [-0.2, 0) is 9.47 Å². The van der Waals surface area contributed by atoms with Crippen molar-refractivity contribution >= 4 is 23.2 Å². The lowest BCUT2D eigenvalue weighted by atomic mass is 9.89. The Morgan fingerprint density at radius 3 is 1.67 bits per heavy atom. The average molecular weight is 543 g/mol. The van der Waals surface area contributed by atoms with Crippen LogP contribution in [-0.4, -0.2) is 62.8 Å². The lowest BCUT2D eigenvalue weighted by molar-refractivity contribution is -0.160. The fourth-order valence-corrected chi connectivity index (χ4v) is 5.08. The normalized spacial score (nSPS) is 24.4. The Balaban J connectivity index is 1.06. The summed E-state index contributed by atoms with van der Waals surface area (Å²) in [5.74, 6) is 0.0314. The molecule has 0 spiro atoms. The first kappa shape index (κ1) is 25.9. The zero-order valence-electron chi connectivity index (χ0n) is 19.8. The largest absolute Gasteiger partial charge is 0.481 e. The van der Waals surface area contributed by atoms with Gasteiger partial charge in [0.25, 0.3) is 0 Å². The van der Waals surface area contributed by atoms with Crippen molar-refractivity contribution in [2.45, 2.75) is 49.0 Å². The number of nitrogens with one attached hydrogen (secondary N) is 2. The minimum Gasteiger partial charge on any atom is -0.481 e. The van der Waals surface area contributed by atoms with E-state index in [1.165, 1.54) is 24.3 Å². The maximum absolute atomic E-state index is 13.8. The molecule has 2 saturated heterocycles. The molecule has 0 atom stereocenters. The van der Waals surface area contributed by atoms with Gasteiger partial charge in [0.15, 0.2) is 11.2 Å². The standard InChI is InChI=1S/C26H30Cl2F2N2O4/c27-21-7-5-20(10-24(21)30)36-26(15-34-16-26)12-32-18-3-1-17(2-4-18)31-11-25(13-33-14-25)35-19-6-8-23(29)22(28)9-19/h5-10,17-18,31-32H,1-4,11-16H2/t17-,18-. The van der Waals surface area contributed by atoms with Crippen molar-refractivity contribution < 1.29 is 27.7 Å². The molecule has 2 N–H and O–H groups in total. The molecule has 0 unspecified atom stereocenters. The van der Waals surface area contributed by atoms with E-state index in [1.54, 1.807) is 12.1 Å². The maximum atomic E-state index is 13.8. The van der Waals surface area contributed by atoms with Crippen LogP contribution in [0.5, 0.6) is 11.5 Å². The van der Waals surface area contributed by atoms with E-state index in [-0.39, 0.29) is 10.0 Å². The molecule has 196 valence electrons. The van der Waals surface area contributed by atoms with Crippen molar-refractivity contribution in [1.29, 1.82) is 0 Å². The van der Waals surface area contributed by atoms with Gasteiger partial charge in [0, 0.05) is 37.3 Å². The first-order valence-electron chi connectivity index (χ1n) is 12.2. The number of halogens is 4. The van der Waals surface area contributed by atoms with Crippen LogP contribution in [0.2, 0.25) is 10.0 Å². The summed E-state index contributed by atoms with van der Waals surface area (Å²) in [5.41, 5.74) is -0.960. The molecule has 2 heterocycles. The molecule has 5 rings (SSSR count). The number of hydrogen-bond donors (Lipinski definition) is 2. The van der Waals surface area contributed by atoms with Crippen molar-refractivity contribution in [2.24, 2.45) is 0 Å². The van der Waals surface area contributed by atoms with Crippen molar-refractivity contribution in [3.63, 3.8) is 0 Å². The summed E-state index contributed by atoms with van der Waals surface area (Å²) in [7, 11) is 0. The van der Waals surface area contributed by atoms with Crippen molar-refractivity contribution in [1.82, 2.24) is 10.6 Å². The predicted molar refractivity (Wildman–Crippen MR) is 133 cm³/mol. The SMILES string of the molecule is Fc1cc(OC2(CN[C@H]3CC[C@H](NCC4(Oc5ccc(F)c(Cl)c5)COC4)CC3)COC2)ccc1Cl. The Kier molecular flexibility index (Phi) is 7.91.